The maximum atomic E-state index is 12.9. The fraction of sp³-hybridized carbons (Fsp3) is 0.364. The van der Waals surface area contributed by atoms with Crippen molar-refractivity contribution >= 4 is 23.4 Å². The van der Waals surface area contributed by atoms with Crippen LogP contribution in [0, 0.1) is 5.92 Å². The van der Waals surface area contributed by atoms with Crippen molar-refractivity contribution in [3.05, 3.63) is 58.6 Å². The average molecular weight is 419 g/mol. The van der Waals surface area contributed by atoms with Crippen molar-refractivity contribution in [2.45, 2.75) is 32.9 Å². The van der Waals surface area contributed by atoms with E-state index in [1.165, 1.54) is 0 Å². The van der Waals surface area contributed by atoms with E-state index in [4.69, 9.17) is 21.1 Å². The number of nitrogens with one attached hydrogen (secondary N) is 2. The van der Waals surface area contributed by atoms with Gasteiger partial charge in [-0.25, -0.2) is 0 Å². The van der Waals surface area contributed by atoms with Gasteiger partial charge in [0.25, 0.3) is 5.91 Å². The Hall–Kier alpha value is -2.73. The molecule has 0 aliphatic heterocycles. The van der Waals surface area contributed by atoms with E-state index >= 15 is 0 Å². The van der Waals surface area contributed by atoms with Gasteiger partial charge in [0.1, 0.15) is 6.04 Å². The third-order valence-electron chi connectivity index (χ3n) is 4.61. The van der Waals surface area contributed by atoms with Gasteiger partial charge in [0.2, 0.25) is 5.91 Å². The molecule has 2 unspecified atom stereocenters. The number of hydrogen-bond acceptors (Lipinski definition) is 4. The minimum Gasteiger partial charge on any atom is -0.493 e. The number of carbonyl (C=O) groups excluding carboxylic acids is 2. The summed E-state index contributed by atoms with van der Waals surface area (Å²) in [6.45, 7) is 5.64. The first-order chi connectivity index (χ1) is 13.8. The van der Waals surface area contributed by atoms with Gasteiger partial charge >= 0.3 is 0 Å². The molecule has 0 radical (unpaired) electrons. The topological polar surface area (TPSA) is 76.7 Å². The predicted octanol–water partition coefficient (Wildman–Crippen LogP) is 3.99. The Morgan fingerprint density at radius 2 is 1.52 bits per heavy atom. The maximum absolute atomic E-state index is 12.9. The molecule has 0 aliphatic carbocycles. The number of carbonyl (C=O) groups is 2. The first-order valence-electron chi connectivity index (χ1n) is 9.35. The van der Waals surface area contributed by atoms with E-state index in [1.807, 2.05) is 32.9 Å². The third kappa shape index (κ3) is 5.87. The lowest BCUT2D eigenvalue weighted by atomic mass is 10.0. The monoisotopic (exact) mass is 418 g/mol. The van der Waals surface area contributed by atoms with Crippen molar-refractivity contribution in [3.8, 4) is 11.5 Å². The number of hydrogen-bond donors (Lipinski definition) is 2. The van der Waals surface area contributed by atoms with Gasteiger partial charge in [-0.3, -0.25) is 9.59 Å². The molecule has 0 bridgehead atoms. The van der Waals surface area contributed by atoms with Crippen molar-refractivity contribution in [3.63, 3.8) is 0 Å². The molecule has 0 saturated heterocycles. The summed E-state index contributed by atoms with van der Waals surface area (Å²) in [5.41, 5.74) is 1.31. The van der Waals surface area contributed by atoms with Gasteiger partial charge < -0.3 is 20.1 Å². The molecular formula is C22H27ClN2O4. The highest BCUT2D eigenvalue weighted by atomic mass is 35.5. The number of benzene rings is 2. The van der Waals surface area contributed by atoms with Crippen molar-refractivity contribution in [2.75, 3.05) is 14.2 Å². The predicted molar refractivity (Wildman–Crippen MR) is 114 cm³/mol. The van der Waals surface area contributed by atoms with Crippen LogP contribution in [0.4, 0.5) is 0 Å². The summed E-state index contributed by atoms with van der Waals surface area (Å²) >= 11 is 5.87. The average Bonchev–Trinajstić information content (AvgIpc) is 2.71. The Morgan fingerprint density at radius 3 is 2.07 bits per heavy atom. The van der Waals surface area contributed by atoms with Crippen LogP contribution in [0.2, 0.25) is 5.02 Å². The molecule has 2 amide bonds. The molecule has 2 aromatic carbocycles. The van der Waals surface area contributed by atoms with Crippen LogP contribution in [0.5, 0.6) is 11.5 Å². The van der Waals surface area contributed by atoms with Gasteiger partial charge in [0.05, 0.1) is 20.3 Å². The number of halogens is 1. The molecule has 2 atom stereocenters. The van der Waals surface area contributed by atoms with Gasteiger partial charge in [-0.1, -0.05) is 31.5 Å². The van der Waals surface area contributed by atoms with Crippen molar-refractivity contribution in [2.24, 2.45) is 5.92 Å². The molecule has 2 N–H and O–H groups in total. The van der Waals surface area contributed by atoms with Crippen molar-refractivity contribution in [1.82, 2.24) is 10.6 Å². The minimum atomic E-state index is -0.680. The van der Waals surface area contributed by atoms with Crippen LogP contribution in [-0.4, -0.2) is 32.1 Å². The number of rotatable bonds is 8. The Kier molecular flexibility index (Phi) is 7.91. The van der Waals surface area contributed by atoms with E-state index in [0.717, 1.165) is 5.56 Å². The zero-order valence-corrected chi connectivity index (χ0v) is 18.0. The SMILES string of the molecule is COc1ccc(C(C)NC(=O)C(NC(=O)c2ccc(Cl)cc2)C(C)C)cc1OC. The van der Waals surface area contributed by atoms with Crippen LogP contribution >= 0.6 is 11.6 Å². The molecule has 0 fully saturated rings. The molecule has 6 nitrogen and oxygen atoms in total. The molecular weight excluding hydrogens is 392 g/mol. The van der Waals surface area contributed by atoms with E-state index < -0.39 is 6.04 Å². The lowest BCUT2D eigenvalue weighted by molar-refractivity contribution is -0.124. The standard InChI is InChI=1S/C22H27ClN2O4/c1-13(2)20(25-21(26)15-6-9-17(23)10-7-15)22(27)24-14(3)16-8-11-18(28-4)19(12-16)29-5/h6-14,20H,1-5H3,(H,24,27)(H,25,26). The molecule has 7 heteroatoms. The molecule has 2 rings (SSSR count). The Morgan fingerprint density at radius 1 is 0.897 bits per heavy atom. The first kappa shape index (κ1) is 22.6. The highest BCUT2D eigenvalue weighted by molar-refractivity contribution is 6.30. The zero-order chi connectivity index (χ0) is 21.6. The Balaban J connectivity index is 2.10. The highest BCUT2D eigenvalue weighted by Gasteiger charge is 2.26. The normalized spacial score (nSPS) is 12.8. The molecule has 0 spiro atoms. The van der Waals surface area contributed by atoms with Crippen LogP contribution in [0.25, 0.3) is 0 Å². The maximum Gasteiger partial charge on any atom is 0.251 e. The van der Waals surface area contributed by atoms with Gasteiger partial charge in [-0.05, 0) is 54.8 Å². The molecule has 0 saturated carbocycles. The van der Waals surface area contributed by atoms with E-state index in [2.05, 4.69) is 10.6 Å². The summed E-state index contributed by atoms with van der Waals surface area (Å²) in [6, 6.07) is 11.0. The van der Waals surface area contributed by atoms with Crippen LogP contribution in [0.1, 0.15) is 42.7 Å². The number of ether oxygens (including phenoxy) is 2. The summed E-state index contributed by atoms with van der Waals surface area (Å²) < 4.78 is 10.6. The van der Waals surface area contributed by atoms with Gasteiger partial charge in [0, 0.05) is 10.6 Å². The van der Waals surface area contributed by atoms with Crippen molar-refractivity contribution in [1.29, 1.82) is 0 Å². The minimum absolute atomic E-state index is 0.0937. The fourth-order valence-electron chi connectivity index (χ4n) is 2.87. The number of amides is 2. The van der Waals surface area contributed by atoms with Gasteiger partial charge in [0.15, 0.2) is 11.5 Å². The first-order valence-corrected chi connectivity index (χ1v) is 9.73. The second-order valence-corrected chi connectivity index (χ2v) is 7.48. The van der Waals surface area contributed by atoms with Crippen LogP contribution < -0.4 is 20.1 Å². The summed E-state index contributed by atoms with van der Waals surface area (Å²) in [7, 11) is 3.13. The summed E-state index contributed by atoms with van der Waals surface area (Å²) in [5.74, 6) is 0.523. The second-order valence-electron chi connectivity index (χ2n) is 7.05. The summed E-state index contributed by atoms with van der Waals surface area (Å²) in [4.78, 5) is 25.4. The van der Waals surface area contributed by atoms with Gasteiger partial charge in [-0.15, -0.1) is 0 Å². The second kappa shape index (κ2) is 10.2. The van der Waals surface area contributed by atoms with E-state index in [9.17, 15) is 9.59 Å². The quantitative estimate of drug-likeness (QED) is 0.679. The molecule has 29 heavy (non-hydrogen) atoms. The molecule has 156 valence electrons. The summed E-state index contributed by atoms with van der Waals surface area (Å²) in [6.07, 6.45) is 0. The van der Waals surface area contributed by atoms with Crippen LogP contribution in [0.3, 0.4) is 0 Å². The molecule has 2 aromatic rings. The Labute approximate surface area is 176 Å². The van der Waals surface area contributed by atoms with Crippen LogP contribution in [0.15, 0.2) is 42.5 Å². The van der Waals surface area contributed by atoms with E-state index in [0.29, 0.717) is 22.1 Å². The van der Waals surface area contributed by atoms with E-state index in [1.54, 1.807) is 44.6 Å². The lowest BCUT2D eigenvalue weighted by Crippen LogP contribution is -2.50. The lowest BCUT2D eigenvalue weighted by Gasteiger charge is -2.24. The van der Waals surface area contributed by atoms with Crippen molar-refractivity contribution < 1.29 is 19.1 Å². The molecule has 0 aromatic heterocycles. The largest absolute Gasteiger partial charge is 0.493 e. The summed E-state index contributed by atoms with van der Waals surface area (Å²) in [5, 5.41) is 6.32. The van der Waals surface area contributed by atoms with E-state index in [-0.39, 0.29) is 23.8 Å². The molecule has 0 heterocycles. The third-order valence-corrected chi connectivity index (χ3v) is 4.86. The smallest absolute Gasteiger partial charge is 0.251 e. The molecule has 0 aliphatic rings. The van der Waals surface area contributed by atoms with Crippen LogP contribution in [-0.2, 0) is 4.79 Å². The number of methoxy groups -OCH3 is 2. The zero-order valence-electron chi connectivity index (χ0n) is 17.3. The Bertz CT molecular complexity index is 852. The highest BCUT2D eigenvalue weighted by Crippen LogP contribution is 2.30. The van der Waals surface area contributed by atoms with Gasteiger partial charge in [-0.2, -0.15) is 0 Å². The fourth-order valence-corrected chi connectivity index (χ4v) is 3.00.